The molecule has 2 aliphatic rings. The Morgan fingerprint density at radius 1 is 1.15 bits per heavy atom. The van der Waals surface area contributed by atoms with Gasteiger partial charge in [-0.2, -0.15) is 4.98 Å². The number of benzene rings is 1. The van der Waals surface area contributed by atoms with Crippen LogP contribution in [0.2, 0.25) is 0 Å². The van der Waals surface area contributed by atoms with E-state index in [0.717, 1.165) is 43.5 Å². The maximum absolute atomic E-state index is 11.2. The Morgan fingerprint density at radius 3 is 2.70 bits per heavy atom. The third-order valence-electron chi connectivity index (χ3n) is 4.99. The molecule has 27 heavy (non-hydrogen) atoms. The molecule has 1 amide bonds. The van der Waals surface area contributed by atoms with E-state index in [2.05, 4.69) is 44.1 Å². The van der Waals surface area contributed by atoms with Crippen LogP contribution >= 0.6 is 0 Å². The number of carbonyl (C=O) groups excluding carboxylic acids is 1. The molecule has 0 radical (unpaired) electrons. The summed E-state index contributed by atoms with van der Waals surface area (Å²) in [5.74, 6) is 2.65. The van der Waals surface area contributed by atoms with Crippen LogP contribution in [0.4, 0.5) is 11.8 Å². The SMILES string of the molecule is CC(=O)Nc1nccc(N2CCN(C(C)c3ccc4c(c3)OCO4)CC2)n1. The Kier molecular flexibility index (Phi) is 4.81. The molecule has 1 aromatic carbocycles. The highest BCUT2D eigenvalue weighted by atomic mass is 16.7. The Bertz CT molecular complexity index is 836. The summed E-state index contributed by atoms with van der Waals surface area (Å²) >= 11 is 0. The smallest absolute Gasteiger partial charge is 0.231 e. The van der Waals surface area contributed by atoms with E-state index in [4.69, 9.17) is 9.47 Å². The first kappa shape index (κ1) is 17.5. The maximum Gasteiger partial charge on any atom is 0.231 e. The Labute approximate surface area is 158 Å². The molecule has 8 heteroatoms. The lowest BCUT2D eigenvalue weighted by Crippen LogP contribution is -2.47. The van der Waals surface area contributed by atoms with Crippen LogP contribution in [0, 0.1) is 0 Å². The minimum Gasteiger partial charge on any atom is -0.454 e. The number of fused-ring (bicyclic) bond motifs is 1. The average molecular weight is 369 g/mol. The number of carbonyl (C=O) groups is 1. The molecule has 1 unspecified atom stereocenters. The second-order valence-corrected chi connectivity index (χ2v) is 6.73. The van der Waals surface area contributed by atoms with Crippen molar-refractivity contribution in [3.8, 4) is 11.5 Å². The van der Waals surface area contributed by atoms with E-state index in [0.29, 0.717) is 18.8 Å². The number of anilines is 2. The lowest BCUT2D eigenvalue weighted by molar-refractivity contribution is -0.114. The maximum atomic E-state index is 11.2. The Morgan fingerprint density at radius 2 is 1.93 bits per heavy atom. The normalized spacial score (nSPS) is 17.6. The number of hydrogen-bond acceptors (Lipinski definition) is 7. The first-order valence-electron chi connectivity index (χ1n) is 9.09. The van der Waals surface area contributed by atoms with Crippen LogP contribution in [0.1, 0.15) is 25.5 Å². The van der Waals surface area contributed by atoms with E-state index in [1.165, 1.54) is 12.5 Å². The molecule has 0 saturated carbocycles. The van der Waals surface area contributed by atoms with Gasteiger partial charge >= 0.3 is 0 Å². The molecule has 2 aliphatic heterocycles. The summed E-state index contributed by atoms with van der Waals surface area (Å²) in [4.78, 5) is 24.4. The van der Waals surface area contributed by atoms with Crippen molar-refractivity contribution in [2.45, 2.75) is 19.9 Å². The van der Waals surface area contributed by atoms with Crippen molar-refractivity contribution in [2.75, 3.05) is 43.2 Å². The number of nitrogens with one attached hydrogen (secondary N) is 1. The predicted octanol–water partition coefficient (Wildman–Crippen LogP) is 2.05. The number of rotatable bonds is 4. The van der Waals surface area contributed by atoms with E-state index < -0.39 is 0 Å². The number of hydrogen-bond donors (Lipinski definition) is 1. The zero-order valence-corrected chi connectivity index (χ0v) is 15.5. The highest BCUT2D eigenvalue weighted by Gasteiger charge is 2.24. The molecule has 1 aromatic heterocycles. The van der Waals surface area contributed by atoms with Crippen molar-refractivity contribution in [3.05, 3.63) is 36.0 Å². The van der Waals surface area contributed by atoms with Gasteiger partial charge in [0.1, 0.15) is 5.82 Å². The lowest BCUT2D eigenvalue weighted by Gasteiger charge is -2.38. The average Bonchev–Trinajstić information content (AvgIpc) is 3.15. The van der Waals surface area contributed by atoms with Crippen LogP contribution in [-0.2, 0) is 4.79 Å². The number of nitrogens with zero attached hydrogens (tertiary/aromatic N) is 4. The van der Waals surface area contributed by atoms with Gasteiger partial charge < -0.3 is 14.4 Å². The molecule has 1 fully saturated rings. The molecule has 3 heterocycles. The van der Waals surface area contributed by atoms with E-state index in [1.54, 1.807) is 6.20 Å². The fourth-order valence-corrected chi connectivity index (χ4v) is 3.47. The lowest BCUT2D eigenvalue weighted by atomic mass is 10.1. The predicted molar refractivity (Wildman–Crippen MR) is 101 cm³/mol. The van der Waals surface area contributed by atoms with Gasteiger partial charge in [0.2, 0.25) is 18.6 Å². The van der Waals surface area contributed by atoms with Gasteiger partial charge in [0.25, 0.3) is 0 Å². The van der Waals surface area contributed by atoms with Crippen LogP contribution in [0.5, 0.6) is 11.5 Å². The highest BCUT2D eigenvalue weighted by Crippen LogP contribution is 2.35. The summed E-state index contributed by atoms with van der Waals surface area (Å²) in [6.07, 6.45) is 1.68. The van der Waals surface area contributed by atoms with Crippen molar-refractivity contribution in [1.29, 1.82) is 0 Å². The van der Waals surface area contributed by atoms with Crippen LogP contribution < -0.4 is 19.7 Å². The first-order valence-corrected chi connectivity index (χ1v) is 9.09. The highest BCUT2D eigenvalue weighted by molar-refractivity contribution is 5.86. The fraction of sp³-hybridized carbons (Fsp3) is 0.421. The molecular weight excluding hydrogens is 346 g/mol. The van der Waals surface area contributed by atoms with Crippen molar-refractivity contribution in [1.82, 2.24) is 14.9 Å². The van der Waals surface area contributed by atoms with Crippen LogP contribution in [0.15, 0.2) is 30.5 Å². The van der Waals surface area contributed by atoms with E-state index in [9.17, 15) is 4.79 Å². The molecule has 0 bridgehead atoms. The van der Waals surface area contributed by atoms with Crippen LogP contribution in [-0.4, -0.2) is 53.7 Å². The van der Waals surface area contributed by atoms with E-state index in [1.807, 2.05) is 12.1 Å². The largest absolute Gasteiger partial charge is 0.454 e. The molecular formula is C19H23N5O3. The molecule has 4 rings (SSSR count). The number of aromatic nitrogens is 2. The molecule has 1 atom stereocenters. The van der Waals surface area contributed by atoms with Gasteiger partial charge in [-0.1, -0.05) is 6.07 Å². The third-order valence-corrected chi connectivity index (χ3v) is 4.99. The zero-order valence-electron chi connectivity index (χ0n) is 15.5. The zero-order chi connectivity index (χ0) is 18.8. The first-order chi connectivity index (χ1) is 13.1. The summed E-state index contributed by atoms with van der Waals surface area (Å²) in [5.41, 5.74) is 1.22. The standard InChI is InChI=1S/C19H23N5O3/c1-13(15-3-4-16-17(11-15)27-12-26-16)23-7-9-24(10-8-23)18-5-6-20-19(22-18)21-14(2)25/h3-6,11,13H,7-10,12H2,1-2H3,(H,20,21,22,25). The van der Waals surface area contributed by atoms with Crippen molar-refractivity contribution >= 4 is 17.7 Å². The van der Waals surface area contributed by atoms with Gasteiger partial charge in [-0.25, -0.2) is 4.98 Å². The van der Waals surface area contributed by atoms with Crippen molar-refractivity contribution in [3.63, 3.8) is 0 Å². The summed E-state index contributed by atoms with van der Waals surface area (Å²) in [6, 6.07) is 8.33. The van der Waals surface area contributed by atoms with Crippen LogP contribution in [0.3, 0.4) is 0 Å². The van der Waals surface area contributed by atoms with E-state index in [-0.39, 0.29) is 5.91 Å². The topological polar surface area (TPSA) is 79.8 Å². The Hall–Kier alpha value is -2.87. The van der Waals surface area contributed by atoms with Gasteiger partial charge in [0.05, 0.1) is 0 Å². The summed E-state index contributed by atoms with van der Waals surface area (Å²) in [5, 5.41) is 2.63. The van der Waals surface area contributed by atoms with Crippen molar-refractivity contribution < 1.29 is 14.3 Å². The molecule has 1 N–H and O–H groups in total. The summed E-state index contributed by atoms with van der Waals surface area (Å²) in [7, 11) is 0. The van der Waals surface area contributed by atoms with E-state index >= 15 is 0 Å². The van der Waals surface area contributed by atoms with Gasteiger partial charge in [-0.15, -0.1) is 0 Å². The number of ether oxygens (including phenoxy) is 2. The second kappa shape index (κ2) is 7.40. The molecule has 2 aromatic rings. The van der Waals surface area contributed by atoms with Crippen molar-refractivity contribution in [2.24, 2.45) is 0 Å². The van der Waals surface area contributed by atoms with Gasteiger partial charge in [0, 0.05) is 45.3 Å². The van der Waals surface area contributed by atoms with Crippen LogP contribution in [0.25, 0.3) is 0 Å². The van der Waals surface area contributed by atoms with Gasteiger partial charge in [-0.05, 0) is 30.7 Å². The molecule has 1 saturated heterocycles. The number of piperazine rings is 1. The minimum atomic E-state index is -0.172. The quantitative estimate of drug-likeness (QED) is 0.883. The van der Waals surface area contributed by atoms with Gasteiger partial charge in [0.15, 0.2) is 11.5 Å². The minimum absolute atomic E-state index is 0.172. The summed E-state index contributed by atoms with van der Waals surface area (Å²) in [6.45, 7) is 7.55. The van der Waals surface area contributed by atoms with Gasteiger partial charge in [-0.3, -0.25) is 15.0 Å². The fourth-order valence-electron chi connectivity index (χ4n) is 3.47. The monoisotopic (exact) mass is 369 g/mol. The molecule has 8 nitrogen and oxygen atoms in total. The molecule has 142 valence electrons. The third kappa shape index (κ3) is 3.80. The molecule has 0 aliphatic carbocycles. The Balaban J connectivity index is 1.39. The summed E-state index contributed by atoms with van der Waals surface area (Å²) < 4.78 is 10.9. The molecule has 0 spiro atoms. The number of amides is 1. The second-order valence-electron chi connectivity index (χ2n) is 6.73.